The second kappa shape index (κ2) is 3.47. The summed E-state index contributed by atoms with van der Waals surface area (Å²) in [6.07, 6.45) is 0. The second-order valence-corrected chi connectivity index (χ2v) is 7.26. The summed E-state index contributed by atoms with van der Waals surface area (Å²) in [5, 5.41) is 3.65. The van der Waals surface area contributed by atoms with Gasteiger partial charge in [0.2, 0.25) is 0 Å². The summed E-state index contributed by atoms with van der Waals surface area (Å²) in [6.45, 7) is 6.71. The Labute approximate surface area is 104 Å². The van der Waals surface area contributed by atoms with Gasteiger partial charge < -0.3 is 5.32 Å². The molecular weight excluding hydrogens is 234 g/mol. The van der Waals surface area contributed by atoms with Crippen molar-refractivity contribution < 1.29 is 0 Å². The minimum atomic E-state index is 0.105. The first-order chi connectivity index (χ1) is 7.58. The molecule has 0 unspecified atom stereocenters. The van der Waals surface area contributed by atoms with Gasteiger partial charge in [-0.25, -0.2) is 0 Å². The van der Waals surface area contributed by atoms with Gasteiger partial charge in [0, 0.05) is 21.9 Å². The second-order valence-electron chi connectivity index (χ2n) is 4.95. The van der Waals surface area contributed by atoms with E-state index in [1.807, 2.05) is 21.6 Å². The van der Waals surface area contributed by atoms with E-state index in [0.29, 0.717) is 0 Å². The first kappa shape index (κ1) is 10.6. The van der Waals surface area contributed by atoms with E-state index in [1.54, 1.807) is 5.57 Å². The van der Waals surface area contributed by atoms with Crippen LogP contribution in [0.4, 0.5) is 5.69 Å². The van der Waals surface area contributed by atoms with E-state index in [4.69, 9.17) is 0 Å². The number of nitrogens with one attached hydrogen (secondary N) is 1. The lowest BCUT2D eigenvalue weighted by Crippen LogP contribution is -2.36. The van der Waals surface area contributed by atoms with E-state index in [1.165, 1.54) is 21.7 Å². The molecule has 1 aromatic carbocycles. The van der Waals surface area contributed by atoms with Crippen LogP contribution < -0.4 is 5.32 Å². The fraction of sp³-hybridized carbons (Fsp3) is 0.385. The third kappa shape index (κ3) is 1.49. The van der Waals surface area contributed by atoms with Crippen molar-refractivity contribution in [2.45, 2.75) is 26.3 Å². The maximum Gasteiger partial charge on any atom is 0.0552 e. The van der Waals surface area contributed by atoms with Gasteiger partial charge in [0.25, 0.3) is 0 Å². The molecular formula is C13H15NS2. The van der Waals surface area contributed by atoms with Crippen LogP contribution in [0.25, 0.3) is 4.91 Å². The van der Waals surface area contributed by atoms with Crippen molar-refractivity contribution in [3.8, 4) is 0 Å². The molecule has 0 aromatic heterocycles. The van der Waals surface area contributed by atoms with Gasteiger partial charge in [-0.2, -0.15) is 0 Å². The van der Waals surface area contributed by atoms with Crippen molar-refractivity contribution in [2.75, 3.05) is 11.1 Å². The molecule has 0 saturated heterocycles. The molecule has 2 aliphatic rings. The Morgan fingerprint density at radius 3 is 2.94 bits per heavy atom. The van der Waals surface area contributed by atoms with Crippen LogP contribution in [0.2, 0.25) is 0 Å². The van der Waals surface area contributed by atoms with Gasteiger partial charge in [0.05, 0.1) is 5.54 Å². The Morgan fingerprint density at radius 1 is 1.31 bits per heavy atom. The van der Waals surface area contributed by atoms with Gasteiger partial charge in [0.1, 0.15) is 0 Å². The zero-order chi connectivity index (χ0) is 11.3. The average Bonchev–Trinajstić information content (AvgIpc) is 2.69. The molecule has 0 radical (unpaired) electrons. The molecule has 2 heterocycles. The Kier molecular flexibility index (Phi) is 2.30. The predicted octanol–water partition coefficient (Wildman–Crippen LogP) is 4.31. The number of anilines is 1. The van der Waals surface area contributed by atoms with Crippen LogP contribution >= 0.6 is 21.6 Å². The first-order valence-electron chi connectivity index (χ1n) is 5.50. The van der Waals surface area contributed by atoms with Crippen LogP contribution in [0.3, 0.4) is 0 Å². The Balaban J connectivity index is 2.23. The fourth-order valence-corrected chi connectivity index (χ4v) is 5.33. The van der Waals surface area contributed by atoms with Crippen molar-refractivity contribution in [3.05, 3.63) is 34.9 Å². The van der Waals surface area contributed by atoms with Crippen LogP contribution in [0.1, 0.15) is 25.0 Å². The van der Waals surface area contributed by atoms with Gasteiger partial charge in [-0.05, 0) is 38.5 Å². The van der Waals surface area contributed by atoms with Gasteiger partial charge in [-0.15, -0.1) is 0 Å². The number of hydrogen-bond acceptors (Lipinski definition) is 3. The number of fused-ring (bicyclic) bond motifs is 2. The summed E-state index contributed by atoms with van der Waals surface area (Å²) < 4.78 is 0. The molecule has 16 heavy (non-hydrogen) atoms. The van der Waals surface area contributed by atoms with Crippen molar-refractivity contribution in [1.29, 1.82) is 0 Å². The first-order valence-corrected chi connectivity index (χ1v) is 7.82. The quantitative estimate of drug-likeness (QED) is 0.688. The van der Waals surface area contributed by atoms with E-state index in [-0.39, 0.29) is 5.54 Å². The van der Waals surface area contributed by atoms with Crippen LogP contribution in [0.5, 0.6) is 0 Å². The Hall–Kier alpha value is -0.540. The van der Waals surface area contributed by atoms with Gasteiger partial charge in [-0.1, -0.05) is 33.2 Å². The fourth-order valence-electron chi connectivity index (χ4n) is 2.30. The summed E-state index contributed by atoms with van der Waals surface area (Å²) in [4.78, 5) is 1.49. The molecule has 0 atom stereocenters. The highest BCUT2D eigenvalue weighted by atomic mass is 33.1. The highest BCUT2D eigenvalue weighted by Crippen LogP contribution is 2.54. The van der Waals surface area contributed by atoms with Crippen LogP contribution in [0.15, 0.2) is 23.8 Å². The Bertz CT molecular complexity index is 489. The monoisotopic (exact) mass is 249 g/mol. The Morgan fingerprint density at radius 2 is 2.12 bits per heavy atom. The zero-order valence-electron chi connectivity index (χ0n) is 9.76. The van der Waals surface area contributed by atoms with Crippen LogP contribution in [0, 0.1) is 6.92 Å². The maximum atomic E-state index is 3.65. The molecule has 0 fully saturated rings. The van der Waals surface area contributed by atoms with E-state index >= 15 is 0 Å². The normalized spacial score (nSPS) is 21.4. The summed E-state index contributed by atoms with van der Waals surface area (Å²) in [6, 6.07) is 6.69. The highest BCUT2D eigenvalue weighted by molar-refractivity contribution is 8.80. The molecule has 0 amide bonds. The molecule has 0 aliphatic carbocycles. The SMILES string of the molecule is Cc1ccc2c(c1)C1=C(CSS1)C(C)(C)N2. The third-order valence-corrected chi connectivity index (χ3v) is 5.61. The highest BCUT2D eigenvalue weighted by Gasteiger charge is 2.35. The molecule has 1 aromatic rings. The number of benzene rings is 1. The lowest BCUT2D eigenvalue weighted by atomic mass is 9.88. The molecule has 3 rings (SSSR count). The summed E-state index contributed by atoms with van der Waals surface area (Å²) in [5.74, 6) is 1.15. The van der Waals surface area contributed by atoms with Crippen LogP contribution in [-0.2, 0) is 0 Å². The van der Waals surface area contributed by atoms with E-state index < -0.39 is 0 Å². The van der Waals surface area contributed by atoms with E-state index in [0.717, 1.165) is 5.75 Å². The summed E-state index contributed by atoms with van der Waals surface area (Å²) in [5.41, 5.74) is 5.67. The number of hydrogen-bond donors (Lipinski definition) is 1. The van der Waals surface area contributed by atoms with Crippen LogP contribution in [-0.4, -0.2) is 11.3 Å². The molecule has 84 valence electrons. The van der Waals surface area contributed by atoms with Gasteiger partial charge in [0.15, 0.2) is 0 Å². The molecule has 0 saturated carbocycles. The molecule has 1 N–H and O–H groups in total. The lowest BCUT2D eigenvalue weighted by Gasteiger charge is -2.35. The zero-order valence-corrected chi connectivity index (χ0v) is 11.4. The predicted molar refractivity (Wildman–Crippen MR) is 75.8 cm³/mol. The molecule has 0 bridgehead atoms. The van der Waals surface area contributed by atoms with E-state index in [2.05, 4.69) is 44.3 Å². The number of aryl methyl sites for hydroxylation is 1. The molecule has 1 nitrogen and oxygen atoms in total. The lowest BCUT2D eigenvalue weighted by molar-refractivity contribution is 0.667. The smallest absolute Gasteiger partial charge is 0.0552 e. The topological polar surface area (TPSA) is 12.0 Å². The molecule has 3 heteroatoms. The van der Waals surface area contributed by atoms with Gasteiger partial charge in [-0.3, -0.25) is 0 Å². The van der Waals surface area contributed by atoms with Crippen molar-refractivity contribution >= 4 is 32.2 Å². The summed E-state index contributed by atoms with van der Waals surface area (Å²) >= 11 is 0. The minimum absolute atomic E-state index is 0.105. The standard InChI is InChI=1S/C13H15NS2/c1-8-4-5-11-9(6-8)12-10(7-15-16-12)13(2,3)14-11/h4-6,14H,7H2,1-3H3. The number of rotatable bonds is 0. The molecule has 0 spiro atoms. The minimum Gasteiger partial charge on any atom is -0.376 e. The molecule has 2 aliphatic heterocycles. The average molecular weight is 249 g/mol. The van der Waals surface area contributed by atoms with Gasteiger partial charge >= 0.3 is 0 Å². The van der Waals surface area contributed by atoms with Crippen molar-refractivity contribution in [3.63, 3.8) is 0 Å². The van der Waals surface area contributed by atoms with Crippen molar-refractivity contribution in [1.82, 2.24) is 0 Å². The van der Waals surface area contributed by atoms with E-state index in [9.17, 15) is 0 Å². The third-order valence-electron chi connectivity index (χ3n) is 3.24. The maximum absolute atomic E-state index is 3.65. The largest absolute Gasteiger partial charge is 0.376 e. The summed E-state index contributed by atoms with van der Waals surface area (Å²) in [7, 11) is 3.89. The van der Waals surface area contributed by atoms with Crippen molar-refractivity contribution in [2.24, 2.45) is 0 Å².